The summed E-state index contributed by atoms with van der Waals surface area (Å²) >= 11 is 0. The van der Waals surface area contributed by atoms with E-state index in [1.54, 1.807) is 0 Å². The van der Waals surface area contributed by atoms with Crippen LogP contribution < -0.4 is 5.32 Å². The molecule has 2 aliphatic rings. The standard InChI is InChI=1S/C13H22N4/c1-10-11(7-14-16(10)2)8-17-6-5-12-3-4-13(9-17)15-12/h7,12-13,15H,3-6,8-9H2,1-2H3. The zero-order valence-electron chi connectivity index (χ0n) is 10.8. The molecule has 2 atom stereocenters. The molecule has 3 rings (SSSR count). The third-order valence-corrected chi connectivity index (χ3v) is 4.34. The molecule has 1 N–H and O–H groups in total. The van der Waals surface area contributed by atoms with Gasteiger partial charge < -0.3 is 5.32 Å². The van der Waals surface area contributed by atoms with Gasteiger partial charge in [-0.3, -0.25) is 9.58 Å². The first-order valence-corrected chi connectivity index (χ1v) is 6.68. The number of aromatic nitrogens is 2. The second-order valence-corrected chi connectivity index (χ2v) is 5.54. The van der Waals surface area contributed by atoms with E-state index in [0.29, 0.717) is 0 Å². The first kappa shape index (κ1) is 11.2. The zero-order valence-corrected chi connectivity index (χ0v) is 10.8. The molecule has 2 fully saturated rings. The maximum absolute atomic E-state index is 4.33. The first-order valence-electron chi connectivity index (χ1n) is 6.68. The molecule has 3 heterocycles. The van der Waals surface area contributed by atoms with Crippen LogP contribution in [0.25, 0.3) is 0 Å². The minimum atomic E-state index is 0.722. The quantitative estimate of drug-likeness (QED) is 0.830. The molecule has 4 nitrogen and oxygen atoms in total. The van der Waals surface area contributed by atoms with Crippen LogP contribution in [-0.2, 0) is 13.6 Å². The van der Waals surface area contributed by atoms with Gasteiger partial charge in [0.15, 0.2) is 0 Å². The number of nitrogens with one attached hydrogen (secondary N) is 1. The molecular formula is C13H22N4. The Bertz CT molecular complexity index is 398. The van der Waals surface area contributed by atoms with Crippen molar-refractivity contribution in [2.45, 2.75) is 44.8 Å². The molecule has 94 valence electrons. The van der Waals surface area contributed by atoms with Crippen molar-refractivity contribution in [3.63, 3.8) is 0 Å². The summed E-state index contributed by atoms with van der Waals surface area (Å²) < 4.78 is 1.97. The van der Waals surface area contributed by atoms with Gasteiger partial charge in [-0.2, -0.15) is 5.10 Å². The monoisotopic (exact) mass is 234 g/mol. The Balaban J connectivity index is 1.67. The van der Waals surface area contributed by atoms with E-state index in [-0.39, 0.29) is 0 Å². The van der Waals surface area contributed by atoms with Crippen molar-refractivity contribution in [1.82, 2.24) is 20.0 Å². The van der Waals surface area contributed by atoms with Crippen LogP contribution in [0.15, 0.2) is 6.20 Å². The van der Waals surface area contributed by atoms with Crippen LogP contribution >= 0.6 is 0 Å². The van der Waals surface area contributed by atoms with Crippen LogP contribution in [0.4, 0.5) is 0 Å². The molecule has 4 heteroatoms. The molecule has 0 radical (unpaired) electrons. The number of hydrogen-bond donors (Lipinski definition) is 1. The number of likely N-dealkylation sites (tertiary alicyclic amines) is 1. The Morgan fingerprint density at radius 3 is 2.94 bits per heavy atom. The highest BCUT2D eigenvalue weighted by Gasteiger charge is 2.29. The predicted octanol–water partition coefficient (Wildman–Crippen LogP) is 1.05. The fourth-order valence-electron chi connectivity index (χ4n) is 3.10. The summed E-state index contributed by atoms with van der Waals surface area (Å²) in [5, 5.41) is 8.05. The van der Waals surface area contributed by atoms with E-state index in [0.717, 1.165) is 18.6 Å². The lowest BCUT2D eigenvalue weighted by Crippen LogP contribution is -2.35. The van der Waals surface area contributed by atoms with Gasteiger partial charge in [-0.25, -0.2) is 0 Å². The van der Waals surface area contributed by atoms with E-state index in [9.17, 15) is 0 Å². The number of nitrogens with zero attached hydrogens (tertiary/aromatic N) is 3. The summed E-state index contributed by atoms with van der Waals surface area (Å²) in [7, 11) is 2.02. The van der Waals surface area contributed by atoms with E-state index in [2.05, 4.69) is 22.2 Å². The first-order chi connectivity index (χ1) is 8.22. The van der Waals surface area contributed by atoms with Crippen LogP contribution in [0.3, 0.4) is 0 Å². The molecule has 0 aromatic carbocycles. The number of hydrogen-bond acceptors (Lipinski definition) is 3. The van der Waals surface area contributed by atoms with Gasteiger partial charge in [-0.05, 0) is 26.2 Å². The lowest BCUT2D eigenvalue weighted by Gasteiger charge is -2.23. The maximum atomic E-state index is 4.33. The molecule has 0 saturated carbocycles. The fourth-order valence-corrected chi connectivity index (χ4v) is 3.10. The normalized spacial score (nSPS) is 29.5. The summed E-state index contributed by atoms with van der Waals surface area (Å²) in [6.45, 7) is 5.64. The van der Waals surface area contributed by atoms with E-state index in [1.165, 1.54) is 43.6 Å². The Morgan fingerprint density at radius 2 is 2.18 bits per heavy atom. The smallest absolute Gasteiger partial charge is 0.0537 e. The molecule has 2 bridgehead atoms. The molecule has 2 saturated heterocycles. The van der Waals surface area contributed by atoms with E-state index in [1.807, 2.05) is 17.9 Å². The fraction of sp³-hybridized carbons (Fsp3) is 0.769. The Morgan fingerprint density at radius 1 is 1.35 bits per heavy atom. The second-order valence-electron chi connectivity index (χ2n) is 5.54. The molecular weight excluding hydrogens is 212 g/mol. The van der Waals surface area contributed by atoms with Crippen molar-refractivity contribution in [1.29, 1.82) is 0 Å². The van der Waals surface area contributed by atoms with Crippen molar-refractivity contribution in [2.75, 3.05) is 13.1 Å². The average Bonchev–Trinajstić information content (AvgIpc) is 2.79. The lowest BCUT2D eigenvalue weighted by molar-refractivity contribution is 0.250. The van der Waals surface area contributed by atoms with Gasteiger partial charge in [-0.1, -0.05) is 0 Å². The van der Waals surface area contributed by atoms with Crippen LogP contribution in [0.5, 0.6) is 0 Å². The van der Waals surface area contributed by atoms with Crippen LogP contribution in [0.2, 0.25) is 0 Å². The van der Waals surface area contributed by atoms with Gasteiger partial charge in [0.2, 0.25) is 0 Å². The maximum Gasteiger partial charge on any atom is 0.0537 e. The molecule has 1 aromatic rings. The average molecular weight is 234 g/mol. The SMILES string of the molecule is Cc1c(CN2CCC3CCC(C2)N3)cnn1C. The largest absolute Gasteiger partial charge is 0.310 e. The van der Waals surface area contributed by atoms with Crippen LogP contribution in [0, 0.1) is 6.92 Å². The minimum Gasteiger partial charge on any atom is -0.310 e. The van der Waals surface area contributed by atoms with Gasteiger partial charge in [0.25, 0.3) is 0 Å². The van der Waals surface area contributed by atoms with Gasteiger partial charge >= 0.3 is 0 Å². The lowest BCUT2D eigenvalue weighted by atomic mass is 10.1. The topological polar surface area (TPSA) is 33.1 Å². The van der Waals surface area contributed by atoms with Gasteiger partial charge in [0.05, 0.1) is 6.20 Å². The molecule has 2 aliphatic heterocycles. The Labute approximate surface area is 103 Å². The van der Waals surface area contributed by atoms with Gasteiger partial charge in [-0.15, -0.1) is 0 Å². The van der Waals surface area contributed by atoms with Crippen molar-refractivity contribution in [3.8, 4) is 0 Å². The zero-order chi connectivity index (χ0) is 11.8. The highest BCUT2D eigenvalue weighted by Crippen LogP contribution is 2.21. The number of fused-ring (bicyclic) bond motifs is 2. The van der Waals surface area contributed by atoms with Crippen molar-refractivity contribution >= 4 is 0 Å². The molecule has 0 spiro atoms. The molecule has 0 aliphatic carbocycles. The van der Waals surface area contributed by atoms with Crippen molar-refractivity contribution < 1.29 is 0 Å². The second kappa shape index (κ2) is 4.42. The summed E-state index contributed by atoms with van der Waals surface area (Å²) in [6.07, 6.45) is 6.05. The van der Waals surface area contributed by atoms with Crippen LogP contribution in [-0.4, -0.2) is 39.9 Å². The van der Waals surface area contributed by atoms with Gasteiger partial charge in [0, 0.05) is 50.0 Å². The third kappa shape index (κ3) is 2.24. The Hall–Kier alpha value is -0.870. The summed E-state index contributed by atoms with van der Waals surface area (Å²) in [6, 6.07) is 1.50. The van der Waals surface area contributed by atoms with E-state index in [4.69, 9.17) is 0 Å². The molecule has 1 aromatic heterocycles. The summed E-state index contributed by atoms with van der Waals surface area (Å²) in [5.41, 5.74) is 2.68. The van der Waals surface area contributed by atoms with E-state index < -0.39 is 0 Å². The Kier molecular flexibility index (Phi) is 2.92. The van der Waals surface area contributed by atoms with E-state index >= 15 is 0 Å². The van der Waals surface area contributed by atoms with Gasteiger partial charge in [0.1, 0.15) is 0 Å². The summed E-state index contributed by atoms with van der Waals surface area (Å²) in [5.74, 6) is 0. The summed E-state index contributed by atoms with van der Waals surface area (Å²) in [4.78, 5) is 2.58. The highest BCUT2D eigenvalue weighted by atomic mass is 15.3. The van der Waals surface area contributed by atoms with Crippen molar-refractivity contribution in [3.05, 3.63) is 17.5 Å². The molecule has 17 heavy (non-hydrogen) atoms. The van der Waals surface area contributed by atoms with Crippen molar-refractivity contribution in [2.24, 2.45) is 7.05 Å². The molecule has 2 unspecified atom stereocenters. The third-order valence-electron chi connectivity index (χ3n) is 4.34. The number of rotatable bonds is 2. The minimum absolute atomic E-state index is 0.722. The highest BCUT2D eigenvalue weighted by molar-refractivity contribution is 5.15. The molecule has 0 amide bonds. The predicted molar refractivity (Wildman–Crippen MR) is 67.8 cm³/mol. The van der Waals surface area contributed by atoms with Crippen LogP contribution in [0.1, 0.15) is 30.5 Å². The number of aryl methyl sites for hydroxylation is 1.